The van der Waals surface area contributed by atoms with Crippen LogP contribution in [0.4, 0.5) is 0 Å². The Bertz CT molecular complexity index is 210. The van der Waals surface area contributed by atoms with Gasteiger partial charge in [0.2, 0.25) is 0 Å². The van der Waals surface area contributed by atoms with Gasteiger partial charge in [-0.25, -0.2) is 0 Å². The molecule has 1 unspecified atom stereocenters. The van der Waals surface area contributed by atoms with Crippen molar-refractivity contribution in [2.75, 3.05) is 26.3 Å². The van der Waals surface area contributed by atoms with E-state index in [0.717, 1.165) is 26.1 Å². The molecule has 1 aliphatic carbocycles. The minimum absolute atomic E-state index is 0.227. The first-order valence-electron chi connectivity index (χ1n) is 6.78. The van der Waals surface area contributed by atoms with Crippen LogP contribution in [-0.2, 0) is 4.74 Å². The van der Waals surface area contributed by atoms with Crippen LogP contribution in [0.2, 0.25) is 0 Å². The molecular weight excluding hydrogens is 202 g/mol. The maximum atomic E-state index is 9.12. The molecule has 2 fully saturated rings. The van der Waals surface area contributed by atoms with E-state index in [9.17, 15) is 0 Å². The molecule has 2 rings (SSSR count). The van der Waals surface area contributed by atoms with Crippen LogP contribution in [0.1, 0.15) is 45.4 Å². The van der Waals surface area contributed by atoms with E-state index in [1.165, 1.54) is 32.1 Å². The molecule has 1 saturated carbocycles. The molecule has 1 saturated heterocycles. The van der Waals surface area contributed by atoms with E-state index in [2.05, 4.69) is 11.8 Å². The zero-order valence-corrected chi connectivity index (χ0v) is 10.5. The van der Waals surface area contributed by atoms with Crippen LogP contribution in [0.5, 0.6) is 0 Å². The van der Waals surface area contributed by atoms with Crippen molar-refractivity contribution in [3.63, 3.8) is 0 Å². The molecule has 0 bridgehead atoms. The summed E-state index contributed by atoms with van der Waals surface area (Å²) in [6.45, 7) is 5.35. The highest BCUT2D eigenvalue weighted by Crippen LogP contribution is 2.43. The van der Waals surface area contributed by atoms with Gasteiger partial charge in [0, 0.05) is 19.2 Å². The van der Waals surface area contributed by atoms with Crippen molar-refractivity contribution in [1.82, 2.24) is 4.90 Å². The number of aliphatic hydroxyl groups excluding tert-OH is 1. The van der Waals surface area contributed by atoms with E-state index in [1.807, 2.05) is 0 Å². The van der Waals surface area contributed by atoms with Crippen molar-refractivity contribution in [3.8, 4) is 0 Å². The van der Waals surface area contributed by atoms with Crippen LogP contribution in [0.3, 0.4) is 0 Å². The Morgan fingerprint density at radius 1 is 1.38 bits per heavy atom. The summed E-state index contributed by atoms with van der Waals surface area (Å²) >= 11 is 0. The van der Waals surface area contributed by atoms with Crippen LogP contribution < -0.4 is 0 Å². The number of nitrogens with zero attached hydrogens (tertiary/aromatic N) is 1. The van der Waals surface area contributed by atoms with Gasteiger partial charge in [-0.3, -0.25) is 4.90 Å². The van der Waals surface area contributed by atoms with Gasteiger partial charge in [0.25, 0.3) is 0 Å². The summed E-state index contributed by atoms with van der Waals surface area (Å²) < 4.78 is 5.95. The monoisotopic (exact) mass is 227 g/mol. The lowest BCUT2D eigenvalue weighted by Crippen LogP contribution is -2.52. The molecule has 0 amide bonds. The summed E-state index contributed by atoms with van der Waals surface area (Å²) in [6, 6.07) is 0.640. The summed E-state index contributed by atoms with van der Waals surface area (Å²) in [5, 5.41) is 9.12. The molecule has 0 radical (unpaired) electrons. The first kappa shape index (κ1) is 12.3. The highest BCUT2D eigenvalue weighted by Gasteiger charge is 2.43. The SMILES string of the molecule is CCCN(CCO)C1CCOC2(CCC2)C1. The van der Waals surface area contributed by atoms with Crippen molar-refractivity contribution in [2.24, 2.45) is 0 Å². The van der Waals surface area contributed by atoms with Crippen LogP contribution >= 0.6 is 0 Å². The third-order valence-electron chi connectivity index (χ3n) is 4.15. The standard InChI is InChI=1S/C13H25NO2/c1-2-7-14(8-9-15)12-4-10-16-13(11-12)5-3-6-13/h12,15H,2-11H2,1H3. The molecule has 1 N–H and O–H groups in total. The number of rotatable bonds is 5. The predicted molar refractivity (Wildman–Crippen MR) is 64.5 cm³/mol. The molecule has 16 heavy (non-hydrogen) atoms. The quantitative estimate of drug-likeness (QED) is 0.777. The molecule has 1 spiro atoms. The lowest BCUT2D eigenvalue weighted by atomic mass is 9.73. The minimum Gasteiger partial charge on any atom is -0.395 e. The maximum Gasteiger partial charge on any atom is 0.0697 e. The van der Waals surface area contributed by atoms with Crippen LogP contribution in [-0.4, -0.2) is 48.0 Å². The first-order chi connectivity index (χ1) is 7.79. The van der Waals surface area contributed by atoms with E-state index in [4.69, 9.17) is 9.84 Å². The average molecular weight is 227 g/mol. The van der Waals surface area contributed by atoms with Crippen LogP contribution in [0.15, 0.2) is 0 Å². The molecule has 1 heterocycles. The molecule has 1 atom stereocenters. The highest BCUT2D eigenvalue weighted by molar-refractivity contribution is 4.96. The summed E-state index contributed by atoms with van der Waals surface area (Å²) in [7, 11) is 0. The van der Waals surface area contributed by atoms with Gasteiger partial charge in [-0.15, -0.1) is 0 Å². The minimum atomic E-state index is 0.227. The molecule has 1 aliphatic heterocycles. The Hall–Kier alpha value is -0.120. The lowest BCUT2D eigenvalue weighted by Gasteiger charge is -2.49. The van der Waals surface area contributed by atoms with Crippen LogP contribution in [0.25, 0.3) is 0 Å². The van der Waals surface area contributed by atoms with E-state index in [1.54, 1.807) is 0 Å². The van der Waals surface area contributed by atoms with Crippen molar-refractivity contribution < 1.29 is 9.84 Å². The third-order valence-corrected chi connectivity index (χ3v) is 4.15. The first-order valence-corrected chi connectivity index (χ1v) is 6.78. The second kappa shape index (κ2) is 5.48. The smallest absolute Gasteiger partial charge is 0.0697 e. The van der Waals surface area contributed by atoms with E-state index in [-0.39, 0.29) is 12.2 Å². The van der Waals surface area contributed by atoms with Crippen molar-refractivity contribution >= 4 is 0 Å². The number of ether oxygens (including phenoxy) is 1. The average Bonchev–Trinajstić information content (AvgIpc) is 2.27. The van der Waals surface area contributed by atoms with Gasteiger partial charge < -0.3 is 9.84 Å². The topological polar surface area (TPSA) is 32.7 Å². The fourth-order valence-corrected chi connectivity index (χ4v) is 3.13. The van der Waals surface area contributed by atoms with E-state index < -0.39 is 0 Å². The van der Waals surface area contributed by atoms with Gasteiger partial charge in [0.15, 0.2) is 0 Å². The molecule has 94 valence electrons. The maximum absolute atomic E-state index is 9.12. The molecule has 0 aromatic rings. The molecular formula is C13H25NO2. The zero-order valence-electron chi connectivity index (χ0n) is 10.5. The Morgan fingerprint density at radius 3 is 2.75 bits per heavy atom. The van der Waals surface area contributed by atoms with Gasteiger partial charge in [0.05, 0.1) is 12.2 Å². The summed E-state index contributed by atoms with van der Waals surface area (Å²) in [4.78, 5) is 2.46. The van der Waals surface area contributed by atoms with Gasteiger partial charge in [-0.05, 0) is 45.1 Å². The normalized spacial score (nSPS) is 28.3. The van der Waals surface area contributed by atoms with Crippen molar-refractivity contribution in [1.29, 1.82) is 0 Å². The molecule has 3 nitrogen and oxygen atoms in total. The lowest BCUT2D eigenvalue weighted by molar-refractivity contribution is -0.149. The van der Waals surface area contributed by atoms with Gasteiger partial charge in [0.1, 0.15) is 0 Å². The fourth-order valence-electron chi connectivity index (χ4n) is 3.13. The molecule has 0 aromatic carbocycles. The molecule has 3 heteroatoms. The molecule has 0 aromatic heterocycles. The van der Waals surface area contributed by atoms with Gasteiger partial charge >= 0.3 is 0 Å². The van der Waals surface area contributed by atoms with E-state index >= 15 is 0 Å². The van der Waals surface area contributed by atoms with Crippen LogP contribution in [0, 0.1) is 0 Å². The second-order valence-corrected chi connectivity index (χ2v) is 5.29. The van der Waals surface area contributed by atoms with Crippen molar-refractivity contribution in [3.05, 3.63) is 0 Å². The Labute approximate surface area is 98.8 Å². The van der Waals surface area contributed by atoms with E-state index in [0.29, 0.717) is 6.04 Å². The van der Waals surface area contributed by atoms with Gasteiger partial charge in [-0.2, -0.15) is 0 Å². The number of aliphatic hydroxyl groups is 1. The Morgan fingerprint density at radius 2 is 2.19 bits per heavy atom. The molecule has 2 aliphatic rings. The van der Waals surface area contributed by atoms with Crippen molar-refractivity contribution in [2.45, 2.75) is 57.1 Å². The fraction of sp³-hybridized carbons (Fsp3) is 1.00. The Balaban J connectivity index is 1.90. The summed E-state index contributed by atoms with van der Waals surface area (Å²) in [6.07, 6.45) is 7.34. The summed E-state index contributed by atoms with van der Waals surface area (Å²) in [5.41, 5.74) is 0.227. The zero-order chi connectivity index (χ0) is 11.4. The highest BCUT2D eigenvalue weighted by atomic mass is 16.5. The predicted octanol–water partition coefficient (Wildman–Crippen LogP) is 1.79. The second-order valence-electron chi connectivity index (χ2n) is 5.29. The number of hydrogen-bond acceptors (Lipinski definition) is 3. The largest absolute Gasteiger partial charge is 0.395 e. The van der Waals surface area contributed by atoms with Gasteiger partial charge in [-0.1, -0.05) is 6.92 Å². The third kappa shape index (κ3) is 2.58. The Kier molecular flexibility index (Phi) is 4.22. The number of hydrogen-bond donors (Lipinski definition) is 1. The summed E-state index contributed by atoms with van der Waals surface area (Å²) in [5.74, 6) is 0.